The van der Waals surface area contributed by atoms with Gasteiger partial charge in [-0.05, 0) is 32.1 Å². The van der Waals surface area contributed by atoms with Crippen LogP contribution in [-0.2, 0) is 38.0 Å². The molecule has 7 N–H and O–H groups in total. The Morgan fingerprint density at radius 2 is 0.892 bits per heavy atom. The Kier molecular flexibility index (Phi) is 34.8. The first-order valence-corrected chi connectivity index (χ1v) is 25.8. The van der Waals surface area contributed by atoms with E-state index in [2.05, 4.69) is 26.0 Å². The zero-order valence-electron chi connectivity index (χ0n) is 40.2. The number of aliphatic hydroxyl groups is 7. The van der Waals surface area contributed by atoms with E-state index in [4.69, 9.17) is 28.4 Å². The third-order valence-corrected chi connectivity index (χ3v) is 12.5. The molecular formula is C50H92O15. The fraction of sp³-hybridized carbons (Fsp3) is 0.920. The Morgan fingerprint density at radius 1 is 0.477 bits per heavy atom. The molecule has 0 saturated carbocycles. The molecule has 0 aromatic rings. The van der Waals surface area contributed by atoms with E-state index in [9.17, 15) is 45.3 Å². The second-order valence-corrected chi connectivity index (χ2v) is 18.4. The van der Waals surface area contributed by atoms with Crippen molar-refractivity contribution >= 4 is 11.9 Å². The number of aliphatic hydroxyl groups excluding tert-OH is 7. The minimum Gasteiger partial charge on any atom is -0.462 e. The van der Waals surface area contributed by atoms with Crippen LogP contribution in [0.2, 0.25) is 0 Å². The Morgan fingerprint density at radius 3 is 1.40 bits per heavy atom. The minimum atomic E-state index is -1.76. The molecule has 0 spiro atoms. The highest BCUT2D eigenvalue weighted by atomic mass is 16.7. The predicted molar refractivity (Wildman–Crippen MR) is 248 cm³/mol. The van der Waals surface area contributed by atoms with Crippen LogP contribution < -0.4 is 0 Å². The molecule has 11 atom stereocenters. The van der Waals surface area contributed by atoms with Gasteiger partial charge in [-0.1, -0.05) is 167 Å². The lowest BCUT2D eigenvalue weighted by molar-refractivity contribution is -0.332. The molecule has 0 aromatic heterocycles. The Bertz CT molecular complexity index is 1190. The van der Waals surface area contributed by atoms with Gasteiger partial charge in [-0.3, -0.25) is 9.59 Å². The summed E-state index contributed by atoms with van der Waals surface area (Å²) < 4.78 is 33.5. The molecule has 15 nitrogen and oxygen atoms in total. The molecule has 2 fully saturated rings. The van der Waals surface area contributed by atoms with Gasteiger partial charge in [-0.15, -0.1) is 0 Å². The molecule has 2 heterocycles. The van der Waals surface area contributed by atoms with Crippen molar-refractivity contribution in [2.75, 3.05) is 26.4 Å². The van der Waals surface area contributed by atoms with Crippen molar-refractivity contribution in [2.45, 2.75) is 268 Å². The van der Waals surface area contributed by atoms with Crippen molar-refractivity contribution in [1.29, 1.82) is 0 Å². The summed E-state index contributed by atoms with van der Waals surface area (Å²) in [6.45, 7) is 2.56. The molecule has 0 amide bonds. The van der Waals surface area contributed by atoms with Crippen molar-refractivity contribution in [3.63, 3.8) is 0 Å². The predicted octanol–water partition coefficient (Wildman–Crippen LogP) is 6.99. The van der Waals surface area contributed by atoms with Crippen LogP contribution in [0.15, 0.2) is 12.2 Å². The molecule has 0 radical (unpaired) electrons. The van der Waals surface area contributed by atoms with Crippen LogP contribution in [0.4, 0.5) is 0 Å². The van der Waals surface area contributed by atoms with Gasteiger partial charge in [0.15, 0.2) is 18.7 Å². The van der Waals surface area contributed by atoms with Crippen LogP contribution in [0.3, 0.4) is 0 Å². The zero-order chi connectivity index (χ0) is 47.5. The smallest absolute Gasteiger partial charge is 0.306 e. The first-order valence-electron chi connectivity index (χ1n) is 25.8. The van der Waals surface area contributed by atoms with E-state index in [1.807, 2.05) is 0 Å². The van der Waals surface area contributed by atoms with Gasteiger partial charge < -0.3 is 64.2 Å². The van der Waals surface area contributed by atoms with Gasteiger partial charge >= 0.3 is 11.9 Å². The zero-order valence-corrected chi connectivity index (χ0v) is 40.2. The van der Waals surface area contributed by atoms with Crippen LogP contribution in [0, 0.1) is 0 Å². The van der Waals surface area contributed by atoms with Crippen molar-refractivity contribution in [3.05, 3.63) is 12.2 Å². The number of esters is 2. The molecule has 4 unspecified atom stereocenters. The van der Waals surface area contributed by atoms with Crippen LogP contribution in [0.25, 0.3) is 0 Å². The number of ether oxygens (including phenoxy) is 6. The van der Waals surface area contributed by atoms with Crippen molar-refractivity contribution in [2.24, 2.45) is 0 Å². The summed E-state index contributed by atoms with van der Waals surface area (Å²) in [4.78, 5) is 25.7. The molecule has 0 aliphatic carbocycles. The van der Waals surface area contributed by atoms with Crippen LogP contribution >= 0.6 is 0 Å². The number of allylic oxidation sites excluding steroid dienone is 2. The van der Waals surface area contributed by atoms with Crippen LogP contribution in [-0.4, -0.2) is 142 Å². The first-order chi connectivity index (χ1) is 31.5. The maximum absolute atomic E-state index is 12.9. The Balaban J connectivity index is 1.78. The summed E-state index contributed by atoms with van der Waals surface area (Å²) >= 11 is 0. The molecule has 65 heavy (non-hydrogen) atoms. The summed E-state index contributed by atoms with van der Waals surface area (Å²) in [5.74, 6) is -0.927. The van der Waals surface area contributed by atoms with Crippen molar-refractivity contribution < 1.29 is 73.8 Å². The van der Waals surface area contributed by atoms with Gasteiger partial charge in [0, 0.05) is 12.8 Å². The third kappa shape index (κ3) is 26.5. The average Bonchev–Trinajstić information content (AvgIpc) is 3.30. The summed E-state index contributed by atoms with van der Waals surface area (Å²) in [7, 11) is 0. The fourth-order valence-electron chi connectivity index (χ4n) is 8.20. The largest absolute Gasteiger partial charge is 0.462 e. The van der Waals surface area contributed by atoms with E-state index >= 15 is 0 Å². The number of carbonyl (C=O) groups is 2. The number of unbranched alkanes of at least 4 members (excludes halogenated alkanes) is 24. The van der Waals surface area contributed by atoms with Gasteiger partial charge in [0.25, 0.3) is 0 Å². The Hall–Kier alpha value is -1.76. The molecule has 2 rings (SSSR count). The monoisotopic (exact) mass is 933 g/mol. The second kappa shape index (κ2) is 38.1. The lowest BCUT2D eigenvalue weighted by Gasteiger charge is -2.42. The van der Waals surface area contributed by atoms with Crippen molar-refractivity contribution in [3.8, 4) is 0 Å². The summed E-state index contributed by atoms with van der Waals surface area (Å²) in [5.41, 5.74) is 0. The topological polar surface area (TPSA) is 231 Å². The highest BCUT2D eigenvalue weighted by molar-refractivity contribution is 5.70. The number of carbonyl (C=O) groups excluding carboxylic acids is 2. The van der Waals surface area contributed by atoms with Gasteiger partial charge in [-0.25, -0.2) is 0 Å². The van der Waals surface area contributed by atoms with Crippen molar-refractivity contribution in [1.82, 2.24) is 0 Å². The first kappa shape index (κ1) is 59.4. The minimum absolute atomic E-state index is 0.158. The maximum Gasteiger partial charge on any atom is 0.306 e. The molecule has 2 saturated heterocycles. The molecule has 2 aliphatic heterocycles. The average molecular weight is 933 g/mol. The summed E-state index contributed by atoms with van der Waals surface area (Å²) in [5, 5.41) is 72.0. The van der Waals surface area contributed by atoms with E-state index in [0.29, 0.717) is 12.8 Å². The van der Waals surface area contributed by atoms with Gasteiger partial charge in [-0.2, -0.15) is 0 Å². The molecular weight excluding hydrogens is 841 g/mol. The maximum atomic E-state index is 12.9. The SMILES string of the molecule is CCCC/C=C/CCCCCCCC(=O)O[C@@H](COC(=O)CCCCCCCCCCCCCCCCCCCC)CO[C@@H]1O[C@H](CO[C@@H]2O[C@H](CO)[C@H](O)C(O)C2O)[C@H](O)C(O)C1O. The lowest BCUT2D eigenvalue weighted by Crippen LogP contribution is -2.61. The highest BCUT2D eigenvalue weighted by Gasteiger charge is 2.47. The van der Waals surface area contributed by atoms with E-state index in [-0.39, 0.29) is 26.1 Å². The Labute approximate surface area is 390 Å². The third-order valence-electron chi connectivity index (χ3n) is 12.5. The van der Waals surface area contributed by atoms with Crippen LogP contribution in [0.5, 0.6) is 0 Å². The second-order valence-electron chi connectivity index (χ2n) is 18.4. The van der Waals surface area contributed by atoms with Gasteiger partial charge in [0.2, 0.25) is 0 Å². The molecule has 382 valence electrons. The fourth-order valence-corrected chi connectivity index (χ4v) is 8.20. The number of hydrogen-bond acceptors (Lipinski definition) is 15. The van der Waals surface area contributed by atoms with Crippen LogP contribution in [0.1, 0.15) is 200 Å². The van der Waals surface area contributed by atoms with E-state index in [1.165, 1.54) is 103 Å². The van der Waals surface area contributed by atoms with E-state index < -0.39 is 92.7 Å². The number of hydrogen-bond donors (Lipinski definition) is 7. The molecule has 0 aromatic carbocycles. The summed E-state index contributed by atoms with van der Waals surface area (Å²) in [6.07, 6.45) is 19.6. The molecule has 0 bridgehead atoms. The van der Waals surface area contributed by atoms with E-state index in [0.717, 1.165) is 57.8 Å². The summed E-state index contributed by atoms with van der Waals surface area (Å²) in [6, 6.07) is 0. The molecule has 2 aliphatic rings. The lowest BCUT2D eigenvalue weighted by atomic mass is 9.98. The van der Waals surface area contributed by atoms with Gasteiger partial charge in [0.1, 0.15) is 55.4 Å². The normalized spacial score (nSPS) is 26.4. The standard InChI is InChI=1S/C50H92O15/c1-3-5-7-9-11-13-15-16-17-18-19-20-21-23-24-26-28-30-32-41(52)60-35-38(63-42(53)33-31-29-27-25-22-14-12-10-8-6-4-2)36-61-49-48(59)46(57)44(55)40(65-49)37-62-50-47(58)45(56)43(54)39(34-51)64-50/h10,12,38-40,43-51,54-59H,3-9,11,13-37H2,1-2H3/b12-10+/t38-,39+,40+,43-,44-,45?,46?,47?,48?,49+,50+/m0/s1. The molecule has 15 heteroatoms. The quantitative estimate of drug-likeness (QED) is 0.0187. The number of rotatable bonds is 40. The van der Waals surface area contributed by atoms with E-state index in [1.54, 1.807) is 0 Å². The highest BCUT2D eigenvalue weighted by Crippen LogP contribution is 2.26. The van der Waals surface area contributed by atoms with Gasteiger partial charge in [0.05, 0.1) is 19.8 Å².